The molecule has 1 aromatic heterocycles. The molecule has 0 fully saturated rings. The van der Waals surface area contributed by atoms with E-state index in [1.54, 1.807) is 0 Å². The summed E-state index contributed by atoms with van der Waals surface area (Å²) < 4.78 is 24.0. The summed E-state index contributed by atoms with van der Waals surface area (Å²) in [5.74, 6) is -0.998. The van der Waals surface area contributed by atoms with Gasteiger partial charge in [0.1, 0.15) is 11.6 Å². The zero-order chi connectivity index (χ0) is 20.1. The Bertz CT molecular complexity index is 1010. The maximum Gasteiger partial charge on any atom is 0.341 e. The van der Waals surface area contributed by atoms with Crippen LogP contribution in [0.3, 0.4) is 0 Å². The summed E-state index contributed by atoms with van der Waals surface area (Å²) in [6, 6.07) is 11.4. The molecule has 0 saturated heterocycles. The molecule has 0 aliphatic heterocycles. The van der Waals surface area contributed by atoms with Crippen molar-refractivity contribution in [1.29, 1.82) is 0 Å². The molecule has 0 aliphatic carbocycles. The molecule has 0 amide bonds. The third-order valence-corrected chi connectivity index (χ3v) is 3.82. The molecule has 1 heterocycles. The average molecular weight is 383 g/mol. The first-order valence-corrected chi connectivity index (χ1v) is 8.30. The maximum atomic E-state index is 14.0. The highest BCUT2D eigenvalue weighted by atomic mass is 19.1. The number of benzene rings is 2. The van der Waals surface area contributed by atoms with Crippen LogP contribution in [0.5, 0.6) is 5.75 Å². The molecule has 0 unspecified atom stereocenters. The van der Waals surface area contributed by atoms with Crippen LogP contribution >= 0.6 is 0 Å². The number of nitrogens with two attached hydrogens (primary N) is 1. The third kappa shape index (κ3) is 4.50. The molecule has 0 radical (unpaired) electrons. The predicted octanol–water partition coefficient (Wildman–Crippen LogP) is 3.01. The number of carbonyl (C=O) groups excluding carboxylic acids is 1. The quantitative estimate of drug-likeness (QED) is 0.625. The number of rotatable bonds is 6. The SMILES string of the molecule is COc1ccc(C(=O)OCc2nc(N)nc(Nc3ccccc3C)n2)c(F)c1. The monoisotopic (exact) mass is 383 g/mol. The minimum atomic E-state index is -0.854. The number of aryl methyl sites for hydroxylation is 1. The number of halogens is 1. The zero-order valence-electron chi connectivity index (χ0n) is 15.3. The van der Waals surface area contributed by atoms with Gasteiger partial charge in [0.2, 0.25) is 11.9 Å². The van der Waals surface area contributed by atoms with Crippen LogP contribution in [0, 0.1) is 12.7 Å². The highest BCUT2D eigenvalue weighted by Gasteiger charge is 2.15. The van der Waals surface area contributed by atoms with E-state index in [1.807, 2.05) is 31.2 Å². The molecule has 3 rings (SSSR count). The Morgan fingerprint density at radius 1 is 1.18 bits per heavy atom. The van der Waals surface area contributed by atoms with Crippen molar-refractivity contribution >= 4 is 23.6 Å². The van der Waals surface area contributed by atoms with Gasteiger partial charge in [0, 0.05) is 11.8 Å². The van der Waals surface area contributed by atoms with Crippen molar-refractivity contribution in [3.8, 4) is 5.75 Å². The third-order valence-electron chi connectivity index (χ3n) is 3.82. The number of hydrogen-bond acceptors (Lipinski definition) is 8. The van der Waals surface area contributed by atoms with Gasteiger partial charge in [-0.25, -0.2) is 9.18 Å². The Balaban J connectivity index is 1.71. The van der Waals surface area contributed by atoms with Crippen LogP contribution in [0.1, 0.15) is 21.7 Å². The molecule has 144 valence electrons. The van der Waals surface area contributed by atoms with Gasteiger partial charge in [-0.15, -0.1) is 0 Å². The predicted molar refractivity (Wildman–Crippen MR) is 101 cm³/mol. The molecule has 0 saturated carbocycles. The van der Waals surface area contributed by atoms with E-state index in [1.165, 1.54) is 19.2 Å². The smallest absolute Gasteiger partial charge is 0.341 e. The number of hydrogen-bond donors (Lipinski definition) is 2. The van der Waals surface area contributed by atoms with E-state index in [2.05, 4.69) is 20.3 Å². The van der Waals surface area contributed by atoms with Gasteiger partial charge in [-0.1, -0.05) is 18.2 Å². The Morgan fingerprint density at radius 2 is 1.96 bits per heavy atom. The van der Waals surface area contributed by atoms with E-state index in [0.717, 1.165) is 17.3 Å². The Morgan fingerprint density at radius 3 is 2.68 bits per heavy atom. The van der Waals surface area contributed by atoms with Crippen molar-refractivity contribution in [2.45, 2.75) is 13.5 Å². The van der Waals surface area contributed by atoms with Gasteiger partial charge < -0.3 is 20.5 Å². The highest BCUT2D eigenvalue weighted by molar-refractivity contribution is 5.89. The molecule has 28 heavy (non-hydrogen) atoms. The molecule has 0 aliphatic rings. The number of nitrogen functional groups attached to an aromatic ring is 1. The number of anilines is 3. The topological polar surface area (TPSA) is 112 Å². The van der Waals surface area contributed by atoms with E-state index in [0.29, 0.717) is 5.75 Å². The molecule has 8 nitrogen and oxygen atoms in total. The molecule has 0 spiro atoms. The summed E-state index contributed by atoms with van der Waals surface area (Å²) in [6.07, 6.45) is 0. The van der Waals surface area contributed by atoms with Gasteiger partial charge in [0.15, 0.2) is 12.4 Å². The number of nitrogens with zero attached hydrogens (tertiary/aromatic N) is 3. The normalized spacial score (nSPS) is 10.4. The van der Waals surface area contributed by atoms with Gasteiger partial charge in [-0.05, 0) is 30.7 Å². The largest absolute Gasteiger partial charge is 0.497 e. The van der Waals surface area contributed by atoms with Crippen molar-refractivity contribution in [2.75, 3.05) is 18.2 Å². The Hall–Kier alpha value is -3.75. The van der Waals surface area contributed by atoms with E-state index in [4.69, 9.17) is 15.2 Å². The molecule has 2 aromatic carbocycles. The van der Waals surface area contributed by atoms with E-state index < -0.39 is 11.8 Å². The molecular formula is C19H18FN5O3. The Labute approximate surface area is 160 Å². The van der Waals surface area contributed by atoms with Gasteiger partial charge in [0.25, 0.3) is 0 Å². The molecule has 0 bridgehead atoms. The fourth-order valence-corrected chi connectivity index (χ4v) is 2.39. The van der Waals surface area contributed by atoms with Crippen molar-refractivity contribution < 1.29 is 18.7 Å². The van der Waals surface area contributed by atoms with Gasteiger partial charge in [-0.3, -0.25) is 0 Å². The second-order valence-electron chi connectivity index (χ2n) is 5.80. The van der Waals surface area contributed by atoms with Crippen molar-refractivity contribution in [2.24, 2.45) is 0 Å². The summed E-state index contributed by atoms with van der Waals surface area (Å²) in [4.78, 5) is 24.3. The summed E-state index contributed by atoms with van der Waals surface area (Å²) in [7, 11) is 1.40. The second kappa shape index (κ2) is 8.30. The van der Waals surface area contributed by atoms with Gasteiger partial charge >= 0.3 is 5.97 Å². The first-order chi connectivity index (χ1) is 13.5. The fourth-order valence-electron chi connectivity index (χ4n) is 2.39. The minimum absolute atomic E-state index is 0.0345. The van der Waals surface area contributed by atoms with Gasteiger partial charge in [0.05, 0.1) is 12.7 Å². The Kier molecular flexibility index (Phi) is 5.64. The summed E-state index contributed by atoms with van der Waals surface area (Å²) >= 11 is 0. The first kappa shape index (κ1) is 19.0. The lowest BCUT2D eigenvalue weighted by molar-refractivity contribution is 0.0456. The summed E-state index contributed by atoms with van der Waals surface area (Å²) in [6.45, 7) is 1.64. The number of esters is 1. The zero-order valence-corrected chi connectivity index (χ0v) is 15.3. The van der Waals surface area contributed by atoms with Crippen LogP contribution in [0.2, 0.25) is 0 Å². The lowest BCUT2D eigenvalue weighted by Gasteiger charge is -2.10. The molecule has 3 aromatic rings. The van der Waals surface area contributed by atoms with E-state index in [9.17, 15) is 9.18 Å². The molecular weight excluding hydrogens is 365 g/mol. The van der Waals surface area contributed by atoms with Crippen LogP contribution in [0.4, 0.5) is 22.0 Å². The van der Waals surface area contributed by atoms with Crippen LogP contribution in [0.15, 0.2) is 42.5 Å². The number of ether oxygens (including phenoxy) is 2. The molecule has 0 atom stereocenters. The van der Waals surface area contributed by atoms with E-state index in [-0.39, 0.29) is 29.9 Å². The number of carbonyl (C=O) groups is 1. The van der Waals surface area contributed by atoms with Gasteiger partial charge in [-0.2, -0.15) is 15.0 Å². The van der Waals surface area contributed by atoms with Crippen LogP contribution in [-0.4, -0.2) is 28.0 Å². The minimum Gasteiger partial charge on any atom is -0.497 e. The second-order valence-corrected chi connectivity index (χ2v) is 5.80. The van der Waals surface area contributed by atoms with Crippen molar-refractivity contribution in [1.82, 2.24) is 15.0 Å². The van der Waals surface area contributed by atoms with E-state index >= 15 is 0 Å². The fraction of sp³-hybridized carbons (Fsp3) is 0.158. The standard InChI is InChI=1S/C19H18FN5O3/c1-11-5-3-4-6-15(11)22-19-24-16(23-18(21)25-19)10-28-17(26)13-8-7-12(27-2)9-14(13)20/h3-9H,10H2,1-2H3,(H3,21,22,23,24,25). The average Bonchev–Trinajstić information content (AvgIpc) is 2.67. The summed E-state index contributed by atoms with van der Waals surface area (Å²) in [5, 5.41) is 3.04. The summed E-state index contributed by atoms with van der Waals surface area (Å²) in [5.41, 5.74) is 7.28. The van der Waals surface area contributed by atoms with Crippen molar-refractivity contribution in [3.05, 3.63) is 65.2 Å². The van der Waals surface area contributed by atoms with Crippen LogP contribution < -0.4 is 15.8 Å². The molecule has 9 heteroatoms. The van der Waals surface area contributed by atoms with Crippen molar-refractivity contribution in [3.63, 3.8) is 0 Å². The number of methoxy groups -OCH3 is 1. The lowest BCUT2D eigenvalue weighted by atomic mass is 10.2. The first-order valence-electron chi connectivity index (χ1n) is 8.30. The number of aromatic nitrogens is 3. The molecule has 3 N–H and O–H groups in total. The lowest BCUT2D eigenvalue weighted by Crippen LogP contribution is -2.12. The maximum absolute atomic E-state index is 14.0. The highest BCUT2D eigenvalue weighted by Crippen LogP contribution is 2.19. The van der Waals surface area contributed by atoms with Crippen LogP contribution in [-0.2, 0) is 11.3 Å². The van der Waals surface area contributed by atoms with Crippen LogP contribution in [0.25, 0.3) is 0 Å². The number of para-hydroxylation sites is 1. The number of nitrogens with one attached hydrogen (secondary N) is 1.